The summed E-state index contributed by atoms with van der Waals surface area (Å²) in [6, 6.07) is 3.83. The van der Waals surface area contributed by atoms with Gasteiger partial charge in [0.25, 0.3) is 0 Å². The molecule has 7 heteroatoms. The summed E-state index contributed by atoms with van der Waals surface area (Å²) in [6.07, 6.45) is 0. The number of rotatable bonds is 9. The number of methoxy groups -OCH3 is 1. The highest BCUT2D eigenvalue weighted by Gasteiger charge is 2.11. The van der Waals surface area contributed by atoms with Crippen molar-refractivity contribution in [2.45, 2.75) is 20.4 Å². The number of hydrogen-bond donors (Lipinski definition) is 1. The Morgan fingerprint density at radius 1 is 1.29 bits per heavy atom. The number of benzene rings is 1. The van der Waals surface area contributed by atoms with Gasteiger partial charge >= 0.3 is 0 Å². The second-order valence-electron chi connectivity index (χ2n) is 4.46. The molecule has 0 radical (unpaired) electrons. The van der Waals surface area contributed by atoms with Gasteiger partial charge in [0.15, 0.2) is 21.3 Å². The lowest BCUT2D eigenvalue weighted by Gasteiger charge is -2.13. The summed E-state index contributed by atoms with van der Waals surface area (Å²) in [4.78, 5) is 0. The zero-order valence-corrected chi connectivity index (χ0v) is 15.0. The SMILES string of the molecule is CCOc1c(Br)cc(CNCCS(=O)(=O)CC)cc1OC. The molecule has 0 aliphatic carbocycles. The number of sulfone groups is 1. The summed E-state index contributed by atoms with van der Waals surface area (Å²) < 4.78 is 34.5. The smallest absolute Gasteiger partial charge is 0.175 e. The summed E-state index contributed by atoms with van der Waals surface area (Å²) >= 11 is 3.46. The van der Waals surface area contributed by atoms with Crippen LogP contribution in [0.25, 0.3) is 0 Å². The standard InChI is InChI=1S/C14H22BrNO4S/c1-4-20-14-12(15)8-11(9-13(14)19-3)10-16-6-7-21(17,18)5-2/h8-9,16H,4-7,10H2,1-3H3. The van der Waals surface area contributed by atoms with E-state index in [1.54, 1.807) is 14.0 Å². The van der Waals surface area contributed by atoms with Crippen molar-refractivity contribution in [3.05, 3.63) is 22.2 Å². The Balaban J connectivity index is 2.66. The molecule has 0 aliphatic rings. The van der Waals surface area contributed by atoms with Crippen molar-refractivity contribution >= 4 is 25.8 Å². The van der Waals surface area contributed by atoms with E-state index < -0.39 is 9.84 Å². The second-order valence-corrected chi connectivity index (χ2v) is 7.78. The summed E-state index contributed by atoms with van der Waals surface area (Å²) in [5.74, 6) is 1.66. The molecule has 1 aromatic rings. The molecule has 0 aliphatic heterocycles. The quantitative estimate of drug-likeness (QED) is 0.667. The molecule has 0 heterocycles. The lowest BCUT2D eigenvalue weighted by molar-refractivity contribution is 0.308. The van der Waals surface area contributed by atoms with Gasteiger partial charge in [-0.1, -0.05) is 6.92 Å². The van der Waals surface area contributed by atoms with Crippen LogP contribution in [0.2, 0.25) is 0 Å². The monoisotopic (exact) mass is 379 g/mol. The summed E-state index contributed by atoms with van der Waals surface area (Å²) in [5.41, 5.74) is 0.996. The molecule has 0 saturated heterocycles. The minimum Gasteiger partial charge on any atom is -0.493 e. The van der Waals surface area contributed by atoms with Crippen molar-refractivity contribution in [1.29, 1.82) is 0 Å². The molecular weight excluding hydrogens is 358 g/mol. The van der Waals surface area contributed by atoms with Gasteiger partial charge in [-0.15, -0.1) is 0 Å². The highest BCUT2D eigenvalue weighted by Crippen LogP contribution is 2.36. The van der Waals surface area contributed by atoms with Crippen LogP contribution in [0.15, 0.2) is 16.6 Å². The van der Waals surface area contributed by atoms with Crippen LogP contribution in [-0.2, 0) is 16.4 Å². The lowest BCUT2D eigenvalue weighted by Crippen LogP contribution is -2.23. The number of nitrogens with one attached hydrogen (secondary N) is 1. The molecule has 120 valence electrons. The third-order valence-corrected chi connectivity index (χ3v) is 5.23. The van der Waals surface area contributed by atoms with Gasteiger partial charge in [0.1, 0.15) is 0 Å². The van der Waals surface area contributed by atoms with Crippen LogP contribution in [-0.4, -0.2) is 40.2 Å². The Bertz CT molecular complexity index is 560. The summed E-state index contributed by atoms with van der Waals surface area (Å²) in [6.45, 7) is 5.13. The Kier molecular flexibility index (Phi) is 7.48. The Hall–Kier alpha value is -0.790. The van der Waals surface area contributed by atoms with Crippen LogP contribution in [0.3, 0.4) is 0 Å². The largest absolute Gasteiger partial charge is 0.493 e. The first kappa shape index (κ1) is 18.3. The first-order chi connectivity index (χ1) is 9.93. The first-order valence-corrected chi connectivity index (χ1v) is 9.45. The highest BCUT2D eigenvalue weighted by atomic mass is 79.9. The van der Waals surface area contributed by atoms with Gasteiger partial charge in [0, 0.05) is 18.8 Å². The van der Waals surface area contributed by atoms with Crippen LogP contribution in [0.4, 0.5) is 0 Å². The molecule has 0 spiro atoms. The molecular formula is C14H22BrNO4S. The minimum atomic E-state index is -2.93. The van der Waals surface area contributed by atoms with Crippen LogP contribution in [0.5, 0.6) is 11.5 Å². The third kappa shape index (κ3) is 5.84. The molecule has 0 saturated carbocycles. The number of halogens is 1. The topological polar surface area (TPSA) is 64.6 Å². The predicted octanol–water partition coefficient (Wildman–Crippen LogP) is 2.38. The minimum absolute atomic E-state index is 0.152. The molecule has 0 fully saturated rings. The van der Waals surface area contributed by atoms with Gasteiger partial charge in [-0.05, 0) is 40.5 Å². The molecule has 0 aromatic heterocycles. The van der Waals surface area contributed by atoms with Crippen LogP contribution in [0.1, 0.15) is 19.4 Å². The van der Waals surface area contributed by atoms with Crippen molar-refractivity contribution in [2.24, 2.45) is 0 Å². The Morgan fingerprint density at radius 2 is 2.00 bits per heavy atom. The fourth-order valence-corrected chi connectivity index (χ4v) is 3.11. The van der Waals surface area contributed by atoms with Crippen molar-refractivity contribution in [3.8, 4) is 11.5 Å². The van der Waals surface area contributed by atoms with Crippen molar-refractivity contribution in [2.75, 3.05) is 31.8 Å². The van der Waals surface area contributed by atoms with Gasteiger partial charge in [0.2, 0.25) is 0 Å². The van der Waals surface area contributed by atoms with Gasteiger partial charge in [-0.3, -0.25) is 0 Å². The molecule has 5 nitrogen and oxygen atoms in total. The van der Waals surface area contributed by atoms with Crippen molar-refractivity contribution in [1.82, 2.24) is 5.32 Å². The van der Waals surface area contributed by atoms with Gasteiger partial charge < -0.3 is 14.8 Å². The van der Waals surface area contributed by atoms with Gasteiger partial charge in [-0.25, -0.2) is 8.42 Å². The van der Waals surface area contributed by atoms with E-state index >= 15 is 0 Å². The molecule has 0 bridgehead atoms. The molecule has 0 unspecified atom stereocenters. The summed E-state index contributed by atoms with van der Waals surface area (Å²) in [7, 11) is -1.33. The lowest BCUT2D eigenvalue weighted by atomic mass is 10.2. The van der Waals surface area contributed by atoms with Crippen LogP contribution in [0, 0.1) is 0 Å². The van der Waals surface area contributed by atoms with Crippen molar-refractivity contribution < 1.29 is 17.9 Å². The molecule has 21 heavy (non-hydrogen) atoms. The van der Waals surface area contributed by atoms with E-state index in [0.29, 0.717) is 31.2 Å². The van der Waals surface area contributed by atoms with E-state index in [-0.39, 0.29) is 11.5 Å². The van der Waals surface area contributed by atoms with E-state index in [4.69, 9.17) is 9.47 Å². The van der Waals surface area contributed by atoms with Crippen LogP contribution >= 0.6 is 15.9 Å². The van der Waals surface area contributed by atoms with Gasteiger partial charge in [0.05, 0.1) is 23.9 Å². The van der Waals surface area contributed by atoms with E-state index in [1.807, 2.05) is 19.1 Å². The molecule has 1 rings (SSSR count). The van der Waals surface area contributed by atoms with E-state index in [1.165, 1.54) is 0 Å². The first-order valence-electron chi connectivity index (χ1n) is 6.83. The van der Waals surface area contributed by atoms with Crippen molar-refractivity contribution in [3.63, 3.8) is 0 Å². The number of ether oxygens (including phenoxy) is 2. The maximum atomic E-state index is 11.4. The fraction of sp³-hybridized carbons (Fsp3) is 0.571. The van der Waals surface area contributed by atoms with E-state index in [9.17, 15) is 8.42 Å². The average molecular weight is 380 g/mol. The van der Waals surface area contributed by atoms with E-state index in [0.717, 1.165) is 10.0 Å². The molecule has 1 N–H and O–H groups in total. The second kappa shape index (κ2) is 8.60. The average Bonchev–Trinajstić information content (AvgIpc) is 2.46. The summed E-state index contributed by atoms with van der Waals surface area (Å²) in [5, 5.41) is 3.13. The third-order valence-electron chi connectivity index (χ3n) is 2.94. The predicted molar refractivity (Wildman–Crippen MR) is 87.9 cm³/mol. The molecule has 0 amide bonds. The normalized spacial score (nSPS) is 11.4. The maximum Gasteiger partial charge on any atom is 0.175 e. The molecule has 1 aromatic carbocycles. The van der Waals surface area contributed by atoms with Gasteiger partial charge in [-0.2, -0.15) is 0 Å². The maximum absolute atomic E-state index is 11.4. The Morgan fingerprint density at radius 3 is 2.57 bits per heavy atom. The van der Waals surface area contributed by atoms with E-state index in [2.05, 4.69) is 21.2 Å². The fourth-order valence-electron chi connectivity index (χ4n) is 1.76. The Labute approximate surface area is 135 Å². The highest BCUT2D eigenvalue weighted by molar-refractivity contribution is 9.10. The number of hydrogen-bond acceptors (Lipinski definition) is 5. The zero-order valence-electron chi connectivity index (χ0n) is 12.6. The molecule has 0 atom stereocenters. The van der Waals surface area contributed by atoms with Crippen LogP contribution < -0.4 is 14.8 Å². The zero-order chi connectivity index (χ0) is 15.9.